The molecule has 0 bridgehead atoms. The molecule has 4 aliphatic heterocycles. The van der Waals surface area contributed by atoms with Crippen molar-refractivity contribution in [1.29, 1.82) is 10.5 Å². The number of nitrogens with zero attached hydrogens (tertiary/aromatic N) is 7. The zero-order valence-corrected chi connectivity index (χ0v) is 23.9. The highest BCUT2D eigenvalue weighted by molar-refractivity contribution is 7.16. The summed E-state index contributed by atoms with van der Waals surface area (Å²) in [7, 11) is 0. The summed E-state index contributed by atoms with van der Waals surface area (Å²) in [6.07, 6.45) is 5.08. The number of aliphatic hydroxyl groups is 1. The highest BCUT2D eigenvalue weighted by Crippen LogP contribution is 2.53. The van der Waals surface area contributed by atoms with Crippen molar-refractivity contribution in [2.45, 2.75) is 74.6 Å². The van der Waals surface area contributed by atoms with Gasteiger partial charge in [-0.3, -0.25) is 4.90 Å². The number of hydrogen-bond donors (Lipinski definition) is 2. The highest BCUT2D eigenvalue weighted by atomic mass is 32.1. The summed E-state index contributed by atoms with van der Waals surface area (Å²) in [5.41, 5.74) is 7.74. The number of nitriles is 2. The van der Waals surface area contributed by atoms with E-state index in [4.69, 9.17) is 20.4 Å². The van der Waals surface area contributed by atoms with Crippen LogP contribution in [0, 0.1) is 22.7 Å². The number of aryl methyl sites for hydroxylation is 1. The van der Waals surface area contributed by atoms with Crippen LogP contribution in [0.4, 0.5) is 21.0 Å². The second-order valence-corrected chi connectivity index (χ2v) is 13.6. The van der Waals surface area contributed by atoms with Crippen LogP contribution in [0.3, 0.4) is 0 Å². The molecule has 1 aliphatic carbocycles. The van der Waals surface area contributed by atoms with Gasteiger partial charge < -0.3 is 25.4 Å². The van der Waals surface area contributed by atoms with Gasteiger partial charge in [0.2, 0.25) is 0 Å². The van der Waals surface area contributed by atoms with Crippen molar-refractivity contribution in [2.75, 3.05) is 61.4 Å². The van der Waals surface area contributed by atoms with E-state index in [0.29, 0.717) is 86.4 Å². The molecule has 1 spiro atoms. The van der Waals surface area contributed by atoms with Gasteiger partial charge >= 0.3 is 6.01 Å². The zero-order valence-electron chi connectivity index (χ0n) is 23.1. The molecule has 0 radical (unpaired) electrons. The topological polar surface area (TPSA) is 139 Å². The van der Waals surface area contributed by atoms with Crippen molar-refractivity contribution in [3.8, 4) is 18.1 Å². The Morgan fingerprint density at radius 1 is 1.05 bits per heavy atom. The first-order valence-corrected chi connectivity index (χ1v) is 15.5. The van der Waals surface area contributed by atoms with E-state index < -0.39 is 6.17 Å². The van der Waals surface area contributed by atoms with Gasteiger partial charge in [-0.15, -0.1) is 11.3 Å². The van der Waals surface area contributed by atoms with Gasteiger partial charge in [0.1, 0.15) is 35.5 Å². The van der Waals surface area contributed by atoms with Crippen LogP contribution >= 0.6 is 11.3 Å². The predicted molar refractivity (Wildman–Crippen MR) is 153 cm³/mol. The lowest BCUT2D eigenvalue weighted by atomic mass is 9.74. The monoisotopic (exact) mass is 578 g/mol. The minimum atomic E-state index is -0.853. The van der Waals surface area contributed by atoms with Crippen molar-refractivity contribution in [3.63, 3.8) is 0 Å². The van der Waals surface area contributed by atoms with E-state index in [2.05, 4.69) is 26.8 Å². The Morgan fingerprint density at radius 2 is 1.83 bits per heavy atom. The van der Waals surface area contributed by atoms with E-state index in [9.17, 15) is 20.0 Å². The molecule has 0 amide bonds. The molecule has 10 nitrogen and oxygen atoms in total. The van der Waals surface area contributed by atoms with Gasteiger partial charge in [0.25, 0.3) is 0 Å². The molecular formula is C29H35FN8O2S. The van der Waals surface area contributed by atoms with Gasteiger partial charge in [-0.05, 0) is 57.1 Å². The molecule has 4 fully saturated rings. The van der Waals surface area contributed by atoms with Gasteiger partial charge in [0.05, 0.1) is 17.2 Å². The van der Waals surface area contributed by atoms with Crippen LogP contribution in [0.5, 0.6) is 6.01 Å². The summed E-state index contributed by atoms with van der Waals surface area (Å²) in [6.45, 7) is 4.16. The SMILES string of the molecule is N#Cc1c(N2CCCC(O)CC2)nc(OC[C@@]23CCCN2C[C@H](F)C3)nc1N1CC2(CCc3sc(N)c(C#N)c32)C1. The van der Waals surface area contributed by atoms with E-state index in [0.717, 1.165) is 44.2 Å². The Morgan fingerprint density at radius 3 is 2.61 bits per heavy atom. The largest absolute Gasteiger partial charge is 0.461 e. The molecule has 1 unspecified atom stereocenters. The van der Waals surface area contributed by atoms with E-state index in [1.165, 1.54) is 16.2 Å². The fourth-order valence-corrected chi connectivity index (χ4v) is 9.09. The van der Waals surface area contributed by atoms with Gasteiger partial charge in [-0.2, -0.15) is 20.5 Å². The summed E-state index contributed by atoms with van der Waals surface area (Å²) in [6, 6.07) is 4.90. The van der Waals surface area contributed by atoms with E-state index in [-0.39, 0.29) is 23.1 Å². The third-order valence-electron chi connectivity index (χ3n) is 9.96. The number of aromatic nitrogens is 2. The third kappa shape index (κ3) is 4.30. The molecule has 5 aliphatic rings. The quantitative estimate of drug-likeness (QED) is 0.545. The number of aliphatic hydroxyl groups excluding tert-OH is 1. The van der Waals surface area contributed by atoms with Crippen LogP contribution in [0.25, 0.3) is 0 Å². The second kappa shape index (κ2) is 9.97. The standard InChI is InChI=1S/C29H35FN8O2S/c30-18-11-29(6-2-9-38(29)14-18)17-40-27-34-25(36-8-1-3-19(39)5-10-36)21(13-32)26(35-27)37-15-28(16-37)7-4-22-23(28)20(12-31)24(33)41-22/h18-19,39H,1-11,14-17,33H2/t18-,19?,29+/m1/s1. The number of nitrogen functional groups attached to an aromatic ring is 1. The van der Waals surface area contributed by atoms with Gasteiger partial charge in [-0.1, -0.05) is 0 Å². The summed E-state index contributed by atoms with van der Waals surface area (Å²) >= 11 is 1.52. The summed E-state index contributed by atoms with van der Waals surface area (Å²) in [4.78, 5) is 17.1. The smallest absolute Gasteiger partial charge is 0.320 e. The average molecular weight is 579 g/mol. The number of alkyl halides is 1. The molecule has 41 heavy (non-hydrogen) atoms. The van der Waals surface area contributed by atoms with Gasteiger partial charge in [0.15, 0.2) is 11.6 Å². The molecule has 7 rings (SSSR count). The van der Waals surface area contributed by atoms with Crippen molar-refractivity contribution < 1.29 is 14.2 Å². The number of hydrogen-bond acceptors (Lipinski definition) is 11. The van der Waals surface area contributed by atoms with E-state index >= 15 is 0 Å². The highest BCUT2D eigenvalue weighted by Gasteiger charge is 2.53. The Kier molecular flexibility index (Phi) is 6.49. The second-order valence-electron chi connectivity index (χ2n) is 12.5. The number of anilines is 3. The number of ether oxygens (including phenoxy) is 1. The molecule has 12 heteroatoms. The first-order valence-electron chi connectivity index (χ1n) is 14.7. The fourth-order valence-electron chi connectivity index (χ4n) is 7.95. The minimum absolute atomic E-state index is 0.177. The first-order chi connectivity index (χ1) is 19.8. The van der Waals surface area contributed by atoms with Crippen molar-refractivity contribution in [2.24, 2.45) is 0 Å². The molecule has 0 aromatic carbocycles. The molecule has 3 N–H and O–H groups in total. The number of halogens is 1. The molecule has 6 heterocycles. The maximum atomic E-state index is 14.4. The molecule has 2 aromatic rings. The van der Waals surface area contributed by atoms with Crippen LogP contribution in [0.1, 0.15) is 66.5 Å². The van der Waals surface area contributed by atoms with E-state index in [1.54, 1.807) is 0 Å². The Hall–Kier alpha value is -3.19. The van der Waals surface area contributed by atoms with Crippen molar-refractivity contribution in [1.82, 2.24) is 14.9 Å². The zero-order chi connectivity index (χ0) is 28.4. The Bertz CT molecular complexity index is 1450. The number of fused-ring (bicyclic) bond motifs is 3. The van der Waals surface area contributed by atoms with Crippen LogP contribution in [-0.2, 0) is 11.8 Å². The van der Waals surface area contributed by atoms with Crippen LogP contribution in [-0.4, -0.2) is 83.7 Å². The third-order valence-corrected chi connectivity index (χ3v) is 11.0. The number of thiophene rings is 1. The Balaban J connectivity index is 1.22. The Labute approximate surface area is 243 Å². The molecular weight excluding hydrogens is 543 g/mol. The lowest BCUT2D eigenvalue weighted by Crippen LogP contribution is -2.59. The van der Waals surface area contributed by atoms with Gasteiger partial charge in [0, 0.05) is 49.4 Å². The average Bonchev–Trinajstić information content (AvgIpc) is 3.61. The maximum absolute atomic E-state index is 14.4. The molecule has 2 aromatic heterocycles. The van der Waals surface area contributed by atoms with Crippen molar-refractivity contribution >= 4 is 28.0 Å². The van der Waals surface area contributed by atoms with Crippen LogP contribution < -0.4 is 20.3 Å². The summed E-state index contributed by atoms with van der Waals surface area (Å²) < 4.78 is 20.7. The first kappa shape index (κ1) is 26.7. The van der Waals surface area contributed by atoms with Gasteiger partial charge in [-0.25, -0.2) is 4.39 Å². The molecule has 216 valence electrons. The van der Waals surface area contributed by atoms with Crippen LogP contribution in [0.2, 0.25) is 0 Å². The maximum Gasteiger partial charge on any atom is 0.320 e. The normalized spacial score (nSPS) is 28.6. The fraction of sp³-hybridized carbons (Fsp3) is 0.655. The summed E-state index contributed by atoms with van der Waals surface area (Å²) in [5, 5.41) is 31.0. The van der Waals surface area contributed by atoms with Crippen LogP contribution in [0.15, 0.2) is 0 Å². The van der Waals surface area contributed by atoms with Crippen molar-refractivity contribution in [3.05, 3.63) is 21.6 Å². The number of nitrogens with two attached hydrogens (primary N) is 1. The predicted octanol–water partition coefficient (Wildman–Crippen LogP) is 2.87. The van der Waals surface area contributed by atoms with E-state index in [1.807, 2.05) is 0 Å². The molecule has 4 saturated heterocycles. The summed E-state index contributed by atoms with van der Waals surface area (Å²) in [5.74, 6) is 1.07. The lowest BCUT2D eigenvalue weighted by Gasteiger charge is -2.49. The molecule has 0 saturated carbocycles. The number of rotatable bonds is 5. The lowest BCUT2D eigenvalue weighted by molar-refractivity contribution is 0.107. The minimum Gasteiger partial charge on any atom is -0.461 e. The molecule has 3 atom stereocenters.